The summed E-state index contributed by atoms with van der Waals surface area (Å²) in [5.74, 6) is -0.483. The van der Waals surface area contributed by atoms with Gasteiger partial charge in [-0.3, -0.25) is 4.79 Å². The van der Waals surface area contributed by atoms with Gasteiger partial charge in [-0.05, 0) is 25.1 Å². The summed E-state index contributed by atoms with van der Waals surface area (Å²) < 4.78 is 39.8. The van der Waals surface area contributed by atoms with Crippen LogP contribution in [0.3, 0.4) is 0 Å². The summed E-state index contributed by atoms with van der Waals surface area (Å²) >= 11 is 0. The monoisotopic (exact) mass is 335 g/mol. The Morgan fingerprint density at radius 1 is 1.21 bits per heavy atom. The first-order valence-electron chi connectivity index (χ1n) is 6.98. The lowest BCUT2D eigenvalue weighted by Gasteiger charge is -2.08. The van der Waals surface area contributed by atoms with E-state index in [-0.39, 0.29) is 29.7 Å². The third-order valence-electron chi connectivity index (χ3n) is 3.22. The molecule has 0 fully saturated rings. The summed E-state index contributed by atoms with van der Waals surface area (Å²) in [6, 6.07) is 9.33. The fourth-order valence-electron chi connectivity index (χ4n) is 2.16. The number of carbonyl (C=O) groups is 1. The largest absolute Gasteiger partial charge is 0.433 e. The predicted octanol–water partition coefficient (Wildman–Crippen LogP) is 2.38. The number of hydrogen-bond donors (Lipinski definition) is 1. The Balaban J connectivity index is 1.85. The second-order valence-electron chi connectivity index (χ2n) is 5.07. The Morgan fingerprint density at radius 3 is 2.58 bits per heavy atom. The molecule has 0 aliphatic carbocycles. The lowest BCUT2D eigenvalue weighted by molar-refractivity contribution is -0.142. The Labute approximate surface area is 134 Å². The van der Waals surface area contributed by atoms with E-state index in [0.717, 1.165) is 6.07 Å². The third-order valence-corrected chi connectivity index (χ3v) is 3.22. The zero-order valence-electron chi connectivity index (χ0n) is 12.5. The molecule has 3 aromatic rings. The van der Waals surface area contributed by atoms with Crippen LogP contribution in [0.2, 0.25) is 0 Å². The van der Waals surface area contributed by atoms with Gasteiger partial charge in [0.2, 0.25) is 0 Å². The van der Waals surface area contributed by atoms with Gasteiger partial charge < -0.3 is 5.32 Å². The first-order valence-corrected chi connectivity index (χ1v) is 6.98. The maximum atomic E-state index is 13.1. The first-order chi connectivity index (χ1) is 11.3. The van der Waals surface area contributed by atoms with E-state index in [2.05, 4.69) is 20.4 Å². The second-order valence-corrected chi connectivity index (χ2v) is 5.07. The van der Waals surface area contributed by atoms with Crippen molar-refractivity contribution in [1.82, 2.24) is 24.9 Å². The van der Waals surface area contributed by atoms with Crippen molar-refractivity contribution in [2.24, 2.45) is 0 Å². The van der Waals surface area contributed by atoms with Gasteiger partial charge in [-0.2, -0.15) is 22.7 Å². The molecular weight excluding hydrogens is 323 g/mol. The minimum absolute atomic E-state index is 0.0443. The number of fused-ring (bicyclic) bond motifs is 1. The van der Waals surface area contributed by atoms with Crippen LogP contribution in [0.25, 0.3) is 5.78 Å². The molecule has 1 aromatic carbocycles. The average Bonchev–Trinajstić information content (AvgIpc) is 2.94. The maximum absolute atomic E-state index is 13.1. The standard InChI is InChI=1S/C15H12F3N5O/c1-9-7-11(15(16,17)18)23-14(20-9)21-12(22-23)8-19-13(24)10-5-3-2-4-6-10/h2-7H,8H2,1H3,(H,19,24). The molecule has 2 aromatic heterocycles. The molecule has 0 saturated heterocycles. The fourth-order valence-corrected chi connectivity index (χ4v) is 2.16. The zero-order chi connectivity index (χ0) is 17.3. The fraction of sp³-hybridized carbons (Fsp3) is 0.200. The van der Waals surface area contributed by atoms with Crippen LogP contribution < -0.4 is 5.32 Å². The molecule has 0 aliphatic heterocycles. The number of benzene rings is 1. The zero-order valence-corrected chi connectivity index (χ0v) is 12.5. The average molecular weight is 335 g/mol. The molecule has 0 aliphatic rings. The summed E-state index contributed by atoms with van der Waals surface area (Å²) in [5, 5.41) is 6.36. The molecule has 6 nitrogen and oxygen atoms in total. The van der Waals surface area contributed by atoms with Gasteiger partial charge in [0.15, 0.2) is 11.5 Å². The van der Waals surface area contributed by atoms with Gasteiger partial charge in [-0.15, -0.1) is 5.10 Å². The van der Waals surface area contributed by atoms with Crippen molar-refractivity contribution < 1.29 is 18.0 Å². The number of carbonyl (C=O) groups excluding carboxylic acids is 1. The number of alkyl halides is 3. The van der Waals surface area contributed by atoms with Crippen molar-refractivity contribution in [3.8, 4) is 0 Å². The molecule has 0 bridgehead atoms. The van der Waals surface area contributed by atoms with E-state index in [9.17, 15) is 18.0 Å². The molecule has 1 N–H and O–H groups in total. The van der Waals surface area contributed by atoms with Gasteiger partial charge in [-0.1, -0.05) is 18.2 Å². The molecule has 3 rings (SSSR count). The van der Waals surface area contributed by atoms with E-state index < -0.39 is 11.9 Å². The highest BCUT2D eigenvalue weighted by Crippen LogP contribution is 2.29. The summed E-state index contributed by atoms with van der Waals surface area (Å²) in [6.07, 6.45) is -4.58. The number of nitrogens with zero attached hydrogens (tertiary/aromatic N) is 4. The second kappa shape index (κ2) is 5.91. The van der Waals surface area contributed by atoms with E-state index in [0.29, 0.717) is 10.1 Å². The van der Waals surface area contributed by atoms with Crippen LogP contribution in [-0.4, -0.2) is 25.5 Å². The van der Waals surface area contributed by atoms with Crippen LogP contribution >= 0.6 is 0 Å². The number of amides is 1. The van der Waals surface area contributed by atoms with E-state index in [1.807, 2.05) is 0 Å². The van der Waals surface area contributed by atoms with E-state index >= 15 is 0 Å². The summed E-state index contributed by atoms with van der Waals surface area (Å²) in [5.41, 5.74) is -0.341. The molecule has 0 atom stereocenters. The number of nitrogens with one attached hydrogen (secondary N) is 1. The van der Waals surface area contributed by atoms with Crippen molar-refractivity contribution >= 4 is 11.7 Å². The quantitative estimate of drug-likeness (QED) is 0.798. The molecule has 1 amide bonds. The van der Waals surface area contributed by atoms with E-state index in [1.165, 1.54) is 6.92 Å². The molecule has 0 radical (unpaired) electrons. The van der Waals surface area contributed by atoms with Crippen LogP contribution in [-0.2, 0) is 12.7 Å². The Bertz CT molecular complexity index is 889. The lowest BCUT2D eigenvalue weighted by atomic mass is 10.2. The van der Waals surface area contributed by atoms with Crippen LogP contribution in [0, 0.1) is 6.92 Å². The Morgan fingerprint density at radius 2 is 1.92 bits per heavy atom. The summed E-state index contributed by atoms with van der Waals surface area (Å²) in [6.45, 7) is 1.34. The number of hydrogen-bond acceptors (Lipinski definition) is 4. The molecule has 24 heavy (non-hydrogen) atoms. The smallest absolute Gasteiger partial charge is 0.345 e. The molecular formula is C15H12F3N5O. The van der Waals surface area contributed by atoms with E-state index in [4.69, 9.17) is 0 Å². The van der Waals surface area contributed by atoms with Gasteiger partial charge >= 0.3 is 6.18 Å². The Kier molecular flexibility index (Phi) is 3.92. The number of aryl methyl sites for hydroxylation is 1. The highest BCUT2D eigenvalue weighted by molar-refractivity contribution is 5.93. The SMILES string of the molecule is Cc1cc(C(F)(F)F)n2nc(CNC(=O)c3ccccc3)nc2n1. The topological polar surface area (TPSA) is 72.2 Å². The van der Waals surface area contributed by atoms with Gasteiger partial charge in [-0.25, -0.2) is 4.98 Å². The molecule has 0 spiro atoms. The minimum atomic E-state index is -4.58. The molecule has 2 heterocycles. The van der Waals surface area contributed by atoms with E-state index in [1.54, 1.807) is 30.3 Å². The number of halogens is 3. The summed E-state index contributed by atoms with van der Waals surface area (Å²) in [7, 11) is 0. The molecule has 0 unspecified atom stereocenters. The highest BCUT2D eigenvalue weighted by Gasteiger charge is 2.35. The van der Waals surface area contributed by atoms with Gasteiger partial charge in [0.1, 0.15) is 0 Å². The van der Waals surface area contributed by atoms with Crippen molar-refractivity contribution in [3.05, 3.63) is 59.2 Å². The summed E-state index contributed by atoms with van der Waals surface area (Å²) in [4.78, 5) is 19.8. The van der Waals surface area contributed by atoms with Crippen molar-refractivity contribution in [2.45, 2.75) is 19.6 Å². The molecule has 9 heteroatoms. The van der Waals surface area contributed by atoms with Crippen molar-refractivity contribution in [1.29, 1.82) is 0 Å². The van der Waals surface area contributed by atoms with Crippen molar-refractivity contribution in [3.63, 3.8) is 0 Å². The highest BCUT2D eigenvalue weighted by atomic mass is 19.4. The Hall–Kier alpha value is -2.97. The van der Waals surface area contributed by atoms with Crippen LogP contribution in [0.5, 0.6) is 0 Å². The van der Waals surface area contributed by atoms with Crippen molar-refractivity contribution in [2.75, 3.05) is 0 Å². The third kappa shape index (κ3) is 3.19. The lowest BCUT2D eigenvalue weighted by Crippen LogP contribution is -2.23. The number of aromatic nitrogens is 4. The van der Waals surface area contributed by atoms with Gasteiger partial charge in [0, 0.05) is 11.3 Å². The molecule has 124 valence electrons. The minimum Gasteiger partial charge on any atom is -0.345 e. The van der Waals surface area contributed by atoms with Crippen LogP contribution in [0.15, 0.2) is 36.4 Å². The van der Waals surface area contributed by atoms with Crippen LogP contribution in [0.1, 0.15) is 27.6 Å². The first kappa shape index (κ1) is 15.9. The number of rotatable bonds is 3. The normalized spacial score (nSPS) is 11.7. The predicted molar refractivity (Wildman–Crippen MR) is 78.1 cm³/mol. The van der Waals surface area contributed by atoms with Gasteiger partial charge in [0.25, 0.3) is 11.7 Å². The molecule has 0 saturated carbocycles. The van der Waals surface area contributed by atoms with Crippen LogP contribution in [0.4, 0.5) is 13.2 Å². The maximum Gasteiger partial charge on any atom is 0.433 e. The van der Waals surface area contributed by atoms with Gasteiger partial charge in [0.05, 0.1) is 6.54 Å².